The first-order valence-electron chi connectivity index (χ1n) is 11.0. The van der Waals surface area contributed by atoms with Crippen LogP contribution in [0.1, 0.15) is 54.9 Å². The van der Waals surface area contributed by atoms with Gasteiger partial charge >= 0.3 is 0 Å². The summed E-state index contributed by atoms with van der Waals surface area (Å²) in [6.45, 7) is 2.06. The molecule has 0 unspecified atom stereocenters. The minimum Gasteiger partial charge on any atom is -0.472 e. The average Bonchev–Trinajstić information content (AvgIpc) is 3.22. The van der Waals surface area contributed by atoms with E-state index in [0.717, 1.165) is 37.7 Å². The van der Waals surface area contributed by atoms with Crippen molar-refractivity contribution in [1.82, 2.24) is 24.3 Å². The average molecular weight is 454 g/mol. The Balaban J connectivity index is 1.68. The molecule has 0 radical (unpaired) electrons. The highest BCUT2D eigenvalue weighted by Crippen LogP contribution is 2.27. The van der Waals surface area contributed by atoms with Gasteiger partial charge in [0.05, 0.1) is 17.6 Å². The van der Waals surface area contributed by atoms with Crippen LogP contribution in [0, 0.1) is 18.2 Å². The molecular weight excluding hydrogens is 425 g/mol. The molecule has 3 heterocycles. The third kappa shape index (κ3) is 4.94. The lowest BCUT2D eigenvalue weighted by molar-refractivity contribution is 0.141. The molecule has 0 saturated heterocycles. The van der Waals surface area contributed by atoms with E-state index in [9.17, 15) is 4.79 Å². The minimum absolute atomic E-state index is 0.0950. The van der Waals surface area contributed by atoms with Gasteiger partial charge in [-0.05, 0) is 38.7 Å². The summed E-state index contributed by atoms with van der Waals surface area (Å²) in [5.74, 6) is -0.626. The lowest BCUT2D eigenvalue weighted by atomic mass is 9.98. The zero-order valence-electron chi connectivity index (χ0n) is 19.1. The molecule has 174 valence electrons. The number of nitrogens with zero attached hydrogens (tertiary/aromatic N) is 5. The predicted octanol–water partition coefficient (Wildman–Crippen LogP) is 3.10. The third-order valence-corrected chi connectivity index (χ3v) is 5.79. The SMILES string of the molecule is Cc1nc(OC2CCCCC2)c(F)c(C(=N)c2c(NCc3cnn(C)c3)ccc(=O)n2C)n1. The van der Waals surface area contributed by atoms with E-state index in [1.807, 2.05) is 13.2 Å². The smallest absolute Gasteiger partial charge is 0.254 e. The molecule has 1 saturated carbocycles. The van der Waals surface area contributed by atoms with Crippen molar-refractivity contribution >= 4 is 11.4 Å². The van der Waals surface area contributed by atoms with Crippen LogP contribution in [0.25, 0.3) is 0 Å². The Hall–Kier alpha value is -3.56. The van der Waals surface area contributed by atoms with Crippen LogP contribution < -0.4 is 15.6 Å². The van der Waals surface area contributed by atoms with Gasteiger partial charge in [-0.1, -0.05) is 6.42 Å². The summed E-state index contributed by atoms with van der Waals surface area (Å²) in [5, 5.41) is 16.2. The Morgan fingerprint density at radius 1 is 1.24 bits per heavy atom. The van der Waals surface area contributed by atoms with Gasteiger partial charge in [-0.25, -0.2) is 4.98 Å². The van der Waals surface area contributed by atoms with Gasteiger partial charge in [0.2, 0.25) is 5.82 Å². The molecule has 9 nitrogen and oxygen atoms in total. The monoisotopic (exact) mass is 453 g/mol. The summed E-state index contributed by atoms with van der Waals surface area (Å²) in [6, 6.07) is 3.00. The van der Waals surface area contributed by atoms with Gasteiger partial charge in [0, 0.05) is 38.5 Å². The highest BCUT2D eigenvalue weighted by atomic mass is 19.1. The summed E-state index contributed by atoms with van der Waals surface area (Å²) in [5.41, 5.74) is 0.935. The molecule has 2 N–H and O–H groups in total. The number of nitrogens with one attached hydrogen (secondary N) is 2. The highest BCUT2D eigenvalue weighted by Gasteiger charge is 2.25. The summed E-state index contributed by atoms with van der Waals surface area (Å²) >= 11 is 0. The van der Waals surface area contributed by atoms with Crippen LogP contribution in [0.5, 0.6) is 5.88 Å². The van der Waals surface area contributed by atoms with Crippen LogP contribution in [-0.2, 0) is 20.6 Å². The van der Waals surface area contributed by atoms with Crippen molar-refractivity contribution in [2.45, 2.75) is 51.7 Å². The van der Waals surface area contributed by atoms with Gasteiger partial charge in [0.1, 0.15) is 23.3 Å². The third-order valence-electron chi connectivity index (χ3n) is 5.79. The van der Waals surface area contributed by atoms with Gasteiger partial charge < -0.3 is 14.6 Å². The molecule has 1 aliphatic rings. The number of rotatable bonds is 7. The van der Waals surface area contributed by atoms with Crippen molar-refractivity contribution in [3.05, 3.63) is 63.5 Å². The van der Waals surface area contributed by atoms with Crippen LogP contribution in [0.15, 0.2) is 29.3 Å². The Morgan fingerprint density at radius 2 is 2.00 bits per heavy atom. The lowest BCUT2D eigenvalue weighted by Crippen LogP contribution is -2.26. The fourth-order valence-corrected chi connectivity index (χ4v) is 4.07. The van der Waals surface area contributed by atoms with E-state index in [1.54, 1.807) is 30.9 Å². The Kier molecular flexibility index (Phi) is 6.52. The summed E-state index contributed by atoms with van der Waals surface area (Å²) < 4.78 is 24.3. The number of hydrogen-bond donors (Lipinski definition) is 2. The number of anilines is 1. The minimum atomic E-state index is -0.786. The topological polar surface area (TPSA) is 111 Å². The van der Waals surface area contributed by atoms with E-state index in [2.05, 4.69) is 20.4 Å². The van der Waals surface area contributed by atoms with E-state index < -0.39 is 5.82 Å². The number of pyridine rings is 1. The molecule has 0 aromatic carbocycles. The van der Waals surface area contributed by atoms with E-state index in [1.165, 1.54) is 10.6 Å². The Labute approximate surface area is 191 Å². The first-order chi connectivity index (χ1) is 15.8. The van der Waals surface area contributed by atoms with Crippen molar-refractivity contribution in [1.29, 1.82) is 5.41 Å². The molecule has 1 fully saturated rings. The number of halogens is 1. The van der Waals surface area contributed by atoms with Gasteiger partial charge in [-0.2, -0.15) is 14.5 Å². The summed E-state index contributed by atoms with van der Waals surface area (Å²) in [7, 11) is 3.37. The molecule has 0 atom stereocenters. The highest BCUT2D eigenvalue weighted by molar-refractivity contribution is 6.12. The van der Waals surface area contributed by atoms with Crippen LogP contribution in [-0.4, -0.2) is 36.1 Å². The van der Waals surface area contributed by atoms with Gasteiger partial charge in [-0.15, -0.1) is 0 Å². The van der Waals surface area contributed by atoms with Gasteiger partial charge in [-0.3, -0.25) is 14.9 Å². The van der Waals surface area contributed by atoms with Gasteiger partial charge in [0.25, 0.3) is 11.4 Å². The zero-order chi connectivity index (χ0) is 23.5. The van der Waals surface area contributed by atoms with Crippen LogP contribution >= 0.6 is 0 Å². The molecule has 1 aliphatic carbocycles. The molecular formula is C23H28FN7O2. The number of aryl methyl sites for hydroxylation is 2. The zero-order valence-corrected chi connectivity index (χ0v) is 19.1. The van der Waals surface area contributed by atoms with Crippen LogP contribution in [0.2, 0.25) is 0 Å². The molecule has 33 heavy (non-hydrogen) atoms. The maximum atomic E-state index is 15.5. The van der Waals surface area contributed by atoms with E-state index in [4.69, 9.17) is 10.1 Å². The molecule has 4 rings (SSSR count). The maximum absolute atomic E-state index is 15.5. The Bertz CT molecular complexity index is 1230. The largest absolute Gasteiger partial charge is 0.472 e. The second-order valence-corrected chi connectivity index (χ2v) is 8.36. The van der Waals surface area contributed by atoms with E-state index in [-0.39, 0.29) is 34.6 Å². The lowest BCUT2D eigenvalue weighted by Gasteiger charge is -2.23. The van der Waals surface area contributed by atoms with Crippen molar-refractivity contribution in [2.75, 3.05) is 5.32 Å². The second-order valence-electron chi connectivity index (χ2n) is 8.36. The maximum Gasteiger partial charge on any atom is 0.254 e. The molecule has 0 spiro atoms. The predicted molar refractivity (Wildman–Crippen MR) is 122 cm³/mol. The van der Waals surface area contributed by atoms with Crippen LogP contribution in [0.4, 0.5) is 10.1 Å². The molecule has 0 bridgehead atoms. The fraction of sp³-hybridized carbons (Fsp3) is 0.435. The van der Waals surface area contributed by atoms with E-state index in [0.29, 0.717) is 18.1 Å². The molecule has 10 heteroatoms. The van der Waals surface area contributed by atoms with E-state index >= 15 is 4.39 Å². The summed E-state index contributed by atoms with van der Waals surface area (Å²) in [4.78, 5) is 20.7. The number of ether oxygens (including phenoxy) is 1. The van der Waals surface area contributed by atoms with Crippen molar-refractivity contribution in [3.63, 3.8) is 0 Å². The quantitative estimate of drug-likeness (QED) is 0.532. The second kappa shape index (κ2) is 9.51. The fourth-order valence-electron chi connectivity index (χ4n) is 4.07. The first kappa shape index (κ1) is 22.6. The van der Waals surface area contributed by atoms with Crippen molar-refractivity contribution < 1.29 is 9.13 Å². The number of aromatic nitrogens is 5. The van der Waals surface area contributed by atoms with Crippen LogP contribution in [0.3, 0.4) is 0 Å². The molecule has 3 aromatic heterocycles. The molecule has 0 amide bonds. The molecule has 0 aliphatic heterocycles. The molecule has 3 aromatic rings. The van der Waals surface area contributed by atoms with Crippen molar-refractivity contribution in [2.24, 2.45) is 14.1 Å². The van der Waals surface area contributed by atoms with Crippen molar-refractivity contribution in [3.8, 4) is 5.88 Å². The normalized spacial score (nSPS) is 14.3. The summed E-state index contributed by atoms with van der Waals surface area (Å²) in [6.07, 6.45) is 8.43. The Morgan fingerprint density at radius 3 is 2.70 bits per heavy atom. The number of hydrogen-bond acceptors (Lipinski definition) is 7. The first-order valence-corrected chi connectivity index (χ1v) is 11.0. The standard InChI is InChI=1S/C23H28FN7O2/c1-14-28-21(19(24)23(29-14)33-16-7-5-4-6-8-16)20(25)22-17(9-10-18(32)31(22)3)26-11-15-12-27-30(2)13-15/h9-10,12-13,16,25-26H,4-8,11H2,1-3H3. The van der Waals surface area contributed by atoms with Gasteiger partial charge in [0.15, 0.2) is 0 Å².